The Morgan fingerprint density at radius 3 is 2.32 bits per heavy atom. The number of aromatic nitrogens is 2. The molecular formula is C25H23N3O3. The molecule has 0 atom stereocenters. The molecule has 1 heterocycles. The number of nitrogens with zero attached hydrogens (tertiary/aromatic N) is 2. The number of para-hydroxylation sites is 3. The van der Waals surface area contributed by atoms with Crippen LogP contribution in [0.5, 0.6) is 17.2 Å². The molecule has 6 nitrogen and oxygen atoms in total. The third-order valence-corrected chi connectivity index (χ3v) is 4.84. The highest BCUT2D eigenvalue weighted by Gasteiger charge is 2.14. The zero-order chi connectivity index (χ0) is 21.6. The number of nitrogens with one attached hydrogen (secondary N) is 1. The van der Waals surface area contributed by atoms with E-state index in [0.29, 0.717) is 35.1 Å². The van der Waals surface area contributed by atoms with E-state index in [-0.39, 0.29) is 5.91 Å². The minimum absolute atomic E-state index is 0.158. The largest absolute Gasteiger partial charge is 0.493 e. The van der Waals surface area contributed by atoms with Crippen LogP contribution in [0.15, 0.2) is 85.1 Å². The lowest BCUT2D eigenvalue weighted by Crippen LogP contribution is -2.23. The summed E-state index contributed by atoms with van der Waals surface area (Å²) in [6.07, 6.45) is 1.75. The topological polar surface area (TPSA) is 65.4 Å². The molecule has 0 saturated heterocycles. The predicted octanol–water partition coefficient (Wildman–Crippen LogP) is 4.91. The van der Waals surface area contributed by atoms with Gasteiger partial charge in [0.1, 0.15) is 5.75 Å². The monoisotopic (exact) mass is 413 g/mol. The number of carbonyl (C=O) groups excluding carboxylic acids is 1. The maximum absolute atomic E-state index is 12.7. The molecule has 0 spiro atoms. The van der Waals surface area contributed by atoms with E-state index in [1.807, 2.05) is 85.8 Å². The van der Waals surface area contributed by atoms with Gasteiger partial charge in [-0.2, -0.15) is 5.10 Å². The normalized spacial score (nSPS) is 10.5. The average Bonchev–Trinajstić information content (AvgIpc) is 3.21. The summed E-state index contributed by atoms with van der Waals surface area (Å²) in [6, 6.07) is 24.8. The van der Waals surface area contributed by atoms with Crippen LogP contribution in [0.3, 0.4) is 0 Å². The van der Waals surface area contributed by atoms with Gasteiger partial charge in [0, 0.05) is 12.7 Å². The number of carbonyl (C=O) groups is 1. The van der Waals surface area contributed by atoms with Crippen molar-refractivity contribution in [2.24, 2.45) is 0 Å². The Hall–Kier alpha value is -4.06. The molecule has 4 aromatic rings. The summed E-state index contributed by atoms with van der Waals surface area (Å²) >= 11 is 0. The minimum atomic E-state index is -0.158. The Balaban J connectivity index is 1.38. The highest BCUT2D eigenvalue weighted by atomic mass is 16.5. The Kier molecular flexibility index (Phi) is 5.98. The third-order valence-electron chi connectivity index (χ3n) is 4.84. The van der Waals surface area contributed by atoms with Gasteiger partial charge in [-0.3, -0.25) is 4.79 Å². The molecule has 3 aromatic carbocycles. The zero-order valence-electron chi connectivity index (χ0n) is 17.4. The molecule has 31 heavy (non-hydrogen) atoms. The second-order valence-corrected chi connectivity index (χ2v) is 6.99. The van der Waals surface area contributed by atoms with E-state index in [1.165, 1.54) is 0 Å². The van der Waals surface area contributed by atoms with Gasteiger partial charge >= 0.3 is 0 Å². The fraction of sp³-hybridized carbons (Fsp3) is 0.120. The molecule has 0 aliphatic carbocycles. The predicted molar refractivity (Wildman–Crippen MR) is 119 cm³/mol. The second kappa shape index (κ2) is 9.17. The fourth-order valence-corrected chi connectivity index (χ4v) is 3.18. The number of ether oxygens (including phenoxy) is 2. The lowest BCUT2D eigenvalue weighted by molar-refractivity contribution is 0.0950. The van der Waals surface area contributed by atoms with Crippen molar-refractivity contribution in [3.63, 3.8) is 0 Å². The molecule has 156 valence electrons. The van der Waals surface area contributed by atoms with Crippen molar-refractivity contribution in [1.29, 1.82) is 0 Å². The maximum atomic E-state index is 12.7. The first-order chi connectivity index (χ1) is 15.1. The van der Waals surface area contributed by atoms with Gasteiger partial charge < -0.3 is 14.8 Å². The van der Waals surface area contributed by atoms with Crippen LogP contribution >= 0.6 is 0 Å². The number of hydrogen-bond donors (Lipinski definition) is 1. The summed E-state index contributed by atoms with van der Waals surface area (Å²) in [6.45, 7) is 2.24. The quantitative estimate of drug-likeness (QED) is 0.467. The van der Waals surface area contributed by atoms with Crippen LogP contribution in [0.2, 0.25) is 0 Å². The minimum Gasteiger partial charge on any atom is -0.493 e. The van der Waals surface area contributed by atoms with Crippen molar-refractivity contribution in [1.82, 2.24) is 15.1 Å². The van der Waals surface area contributed by atoms with Crippen molar-refractivity contribution >= 4 is 5.91 Å². The van der Waals surface area contributed by atoms with E-state index in [2.05, 4.69) is 10.4 Å². The molecule has 6 heteroatoms. The number of benzene rings is 3. The van der Waals surface area contributed by atoms with Gasteiger partial charge in [0.2, 0.25) is 0 Å². The van der Waals surface area contributed by atoms with Crippen LogP contribution in [0.1, 0.15) is 21.6 Å². The Morgan fingerprint density at radius 1 is 0.935 bits per heavy atom. The van der Waals surface area contributed by atoms with Gasteiger partial charge in [-0.05, 0) is 48.9 Å². The number of amides is 1. The third kappa shape index (κ3) is 4.75. The maximum Gasteiger partial charge on any atom is 0.255 e. The summed E-state index contributed by atoms with van der Waals surface area (Å²) in [4.78, 5) is 12.7. The van der Waals surface area contributed by atoms with E-state index < -0.39 is 0 Å². The summed E-state index contributed by atoms with van der Waals surface area (Å²) in [5.41, 5.74) is 3.12. The van der Waals surface area contributed by atoms with Crippen molar-refractivity contribution in [3.8, 4) is 22.9 Å². The van der Waals surface area contributed by atoms with E-state index in [4.69, 9.17) is 9.47 Å². The molecule has 1 N–H and O–H groups in total. The molecule has 0 aliphatic heterocycles. The summed E-state index contributed by atoms with van der Waals surface area (Å²) in [5.74, 6) is 1.86. The number of aryl methyl sites for hydroxylation is 1. The van der Waals surface area contributed by atoms with E-state index in [9.17, 15) is 4.79 Å². The van der Waals surface area contributed by atoms with Crippen LogP contribution < -0.4 is 14.8 Å². The molecule has 0 unspecified atom stereocenters. The highest BCUT2D eigenvalue weighted by Crippen LogP contribution is 2.30. The molecular weight excluding hydrogens is 390 g/mol. The van der Waals surface area contributed by atoms with Crippen molar-refractivity contribution < 1.29 is 14.3 Å². The second-order valence-electron chi connectivity index (χ2n) is 6.99. The Bertz CT molecular complexity index is 1170. The fourth-order valence-electron chi connectivity index (χ4n) is 3.18. The molecule has 1 amide bonds. The van der Waals surface area contributed by atoms with Gasteiger partial charge in [0.25, 0.3) is 5.91 Å². The van der Waals surface area contributed by atoms with E-state index >= 15 is 0 Å². The first kappa shape index (κ1) is 20.2. The number of methoxy groups -OCH3 is 1. The zero-order valence-corrected chi connectivity index (χ0v) is 17.4. The first-order valence-electron chi connectivity index (χ1n) is 9.94. The summed E-state index contributed by atoms with van der Waals surface area (Å²) in [7, 11) is 1.61. The van der Waals surface area contributed by atoms with Crippen LogP contribution in [-0.4, -0.2) is 22.8 Å². The standard InChI is InChI=1S/C25H23N3O3/c1-18-22(17-28(27-18)20-8-4-3-5-9-20)25(29)26-16-19-12-14-21(15-13-19)31-24-11-7-6-10-23(24)30-2/h3-15,17H,16H2,1-2H3,(H,26,29). The Labute approximate surface area is 181 Å². The van der Waals surface area contributed by atoms with E-state index in [0.717, 1.165) is 11.3 Å². The van der Waals surface area contributed by atoms with Gasteiger partial charge in [-0.25, -0.2) is 4.68 Å². The smallest absolute Gasteiger partial charge is 0.255 e. The van der Waals surface area contributed by atoms with Crippen molar-refractivity contribution in [3.05, 3.63) is 102 Å². The lowest BCUT2D eigenvalue weighted by atomic mass is 10.2. The molecule has 0 saturated carbocycles. The average molecular weight is 413 g/mol. The van der Waals surface area contributed by atoms with Crippen LogP contribution in [0.4, 0.5) is 0 Å². The molecule has 0 aliphatic rings. The molecule has 0 fully saturated rings. The number of rotatable bonds is 7. The Morgan fingerprint density at radius 2 is 1.61 bits per heavy atom. The molecule has 4 rings (SSSR count). The molecule has 0 radical (unpaired) electrons. The first-order valence-corrected chi connectivity index (χ1v) is 9.94. The van der Waals surface area contributed by atoms with Gasteiger partial charge in [-0.15, -0.1) is 0 Å². The van der Waals surface area contributed by atoms with Crippen LogP contribution in [-0.2, 0) is 6.54 Å². The number of hydrogen-bond acceptors (Lipinski definition) is 4. The van der Waals surface area contributed by atoms with Crippen molar-refractivity contribution in [2.75, 3.05) is 7.11 Å². The van der Waals surface area contributed by atoms with Gasteiger partial charge in [-0.1, -0.05) is 42.5 Å². The van der Waals surface area contributed by atoms with Gasteiger partial charge in [0.15, 0.2) is 11.5 Å². The van der Waals surface area contributed by atoms with Crippen molar-refractivity contribution in [2.45, 2.75) is 13.5 Å². The SMILES string of the molecule is COc1ccccc1Oc1ccc(CNC(=O)c2cn(-c3ccccc3)nc2C)cc1. The van der Waals surface area contributed by atoms with Crippen LogP contribution in [0.25, 0.3) is 5.69 Å². The highest BCUT2D eigenvalue weighted by molar-refractivity contribution is 5.95. The molecule has 1 aromatic heterocycles. The van der Waals surface area contributed by atoms with E-state index in [1.54, 1.807) is 18.0 Å². The summed E-state index contributed by atoms with van der Waals surface area (Å²) in [5, 5.41) is 7.41. The van der Waals surface area contributed by atoms with Crippen LogP contribution in [0, 0.1) is 6.92 Å². The lowest BCUT2D eigenvalue weighted by Gasteiger charge is -2.10. The molecule has 0 bridgehead atoms. The van der Waals surface area contributed by atoms with Gasteiger partial charge in [0.05, 0.1) is 24.1 Å². The summed E-state index contributed by atoms with van der Waals surface area (Å²) < 4.78 is 12.9.